The van der Waals surface area contributed by atoms with Gasteiger partial charge in [-0.3, -0.25) is 4.79 Å². The zero-order valence-electron chi connectivity index (χ0n) is 14.0. The van der Waals surface area contributed by atoms with Crippen molar-refractivity contribution in [2.75, 3.05) is 18.1 Å². The molecule has 2 heterocycles. The van der Waals surface area contributed by atoms with Crippen LogP contribution in [0.15, 0.2) is 47.1 Å². The van der Waals surface area contributed by atoms with Gasteiger partial charge in [0.25, 0.3) is 5.91 Å². The van der Waals surface area contributed by atoms with E-state index in [9.17, 15) is 13.2 Å². The molecule has 1 aliphatic heterocycles. The largest absolute Gasteiger partial charge is 0.484 e. The van der Waals surface area contributed by atoms with Crippen LogP contribution in [-0.4, -0.2) is 43.4 Å². The summed E-state index contributed by atoms with van der Waals surface area (Å²) >= 11 is 0. The van der Waals surface area contributed by atoms with Gasteiger partial charge in [0.05, 0.1) is 35.9 Å². The number of sulfone groups is 1. The molecule has 0 N–H and O–H groups in total. The molecule has 0 saturated carbocycles. The summed E-state index contributed by atoms with van der Waals surface area (Å²) in [7, 11) is -3.12. The molecule has 0 spiro atoms. The average Bonchev–Trinajstić information content (AvgIpc) is 3.27. The van der Waals surface area contributed by atoms with E-state index in [-0.39, 0.29) is 36.6 Å². The molecule has 7 nitrogen and oxygen atoms in total. The Balaban J connectivity index is 1.68. The Hall–Kier alpha value is -2.79. The number of furan rings is 1. The molecule has 0 aliphatic carbocycles. The number of carbonyl (C=O) groups excluding carboxylic acids is 1. The molecule has 1 aromatic carbocycles. The molecule has 3 rings (SSSR count). The van der Waals surface area contributed by atoms with Gasteiger partial charge in [-0.25, -0.2) is 8.42 Å². The van der Waals surface area contributed by atoms with Gasteiger partial charge in [0.15, 0.2) is 16.4 Å². The second kappa shape index (κ2) is 7.62. The Kier molecular flexibility index (Phi) is 5.28. The molecule has 8 heteroatoms. The lowest BCUT2D eigenvalue weighted by atomic mass is 10.2. The quantitative estimate of drug-likeness (QED) is 0.763. The smallest absolute Gasteiger partial charge is 0.261 e. The maximum atomic E-state index is 12.7. The highest BCUT2D eigenvalue weighted by atomic mass is 32.2. The van der Waals surface area contributed by atoms with Crippen LogP contribution >= 0.6 is 0 Å². The maximum Gasteiger partial charge on any atom is 0.261 e. The molecular weight excluding hydrogens is 356 g/mol. The fourth-order valence-corrected chi connectivity index (χ4v) is 4.60. The van der Waals surface area contributed by atoms with Crippen LogP contribution in [0.1, 0.15) is 17.7 Å². The molecule has 0 unspecified atom stereocenters. The van der Waals surface area contributed by atoms with Gasteiger partial charge < -0.3 is 14.1 Å². The predicted octanol–water partition coefficient (Wildman–Crippen LogP) is 1.75. The molecular formula is C18H18N2O5S. The number of hydrogen-bond acceptors (Lipinski definition) is 6. The van der Waals surface area contributed by atoms with E-state index in [1.54, 1.807) is 36.4 Å². The van der Waals surface area contributed by atoms with Gasteiger partial charge in [-0.1, -0.05) is 0 Å². The summed E-state index contributed by atoms with van der Waals surface area (Å²) in [6.07, 6.45) is 1.92. The molecule has 1 fully saturated rings. The van der Waals surface area contributed by atoms with Crippen LogP contribution < -0.4 is 4.74 Å². The third-order valence-electron chi connectivity index (χ3n) is 4.22. The van der Waals surface area contributed by atoms with Crippen molar-refractivity contribution in [3.63, 3.8) is 0 Å². The lowest BCUT2D eigenvalue weighted by Crippen LogP contribution is -2.43. The molecule has 0 radical (unpaired) electrons. The van der Waals surface area contributed by atoms with Crippen LogP contribution in [0.4, 0.5) is 0 Å². The lowest BCUT2D eigenvalue weighted by molar-refractivity contribution is -0.136. The summed E-state index contributed by atoms with van der Waals surface area (Å²) in [5.41, 5.74) is 0.499. The van der Waals surface area contributed by atoms with Crippen molar-refractivity contribution in [3.05, 3.63) is 54.0 Å². The van der Waals surface area contributed by atoms with Gasteiger partial charge in [-0.05, 0) is 42.8 Å². The normalized spacial score (nSPS) is 18.2. The third-order valence-corrected chi connectivity index (χ3v) is 5.97. The minimum absolute atomic E-state index is 0.0453. The number of nitrogens with zero attached hydrogens (tertiary/aromatic N) is 2. The van der Waals surface area contributed by atoms with E-state index in [0.717, 1.165) is 0 Å². The molecule has 26 heavy (non-hydrogen) atoms. The Labute approximate surface area is 151 Å². The third kappa shape index (κ3) is 4.43. The summed E-state index contributed by atoms with van der Waals surface area (Å²) in [6, 6.07) is 11.5. The number of rotatable bonds is 6. The van der Waals surface area contributed by atoms with Crippen LogP contribution in [0.5, 0.6) is 5.75 Å². The van der Waals surface area contributed by atoms with Crippen molar-refractivity contribution in [1.82, 2.24) is 4.90 Å². The molecule has 0 bridgehead atoms. The van der Waals surface area contributed by atoms with Crippen molar-refractivity contribution in [1.29, 1.82) is 5.26 Å². The lowest BCUT2D eigenvalue weighted by Gasteiger charge is -2.27. The van der Waals surface area contributed by atoms with Crippen molar-refractivity contribution in [2.24, 2.45) is 0 Å². The summed E-state index contributed by atoms with van der Waals surface area (Å²) < 4.78 is 34.4. The van der Waals surface area contributed by atoms with Gasteiger partial charge in [-0.15, -0.1) is 0 Å². The average molecular weight is 374 g/mol. The summed E-state index contributed by atoms with van der Waals surface area (Å²) in [4.78, 5) is 14.2. The fourth-order valence-electron chi connectivity index (χ4n) is 2.87. The van der Waals surface area contributed by atoms with E-state index in [0.29, 0.717) is 23.5 Å². The van der Waals surface area contributed by atoms with E-state index in [2.05, 4.69) is 0 Å². The fraction of sp³-hybridized carbons (Fsp3) is 0.333. The van der Waals surface area contributed by atoms with Crippen LogP contribution in [0.2, 0.25) is 0 Å². The number of amides is 1. The second-order valence-corrected chi connectivity index (χ2v) is 8.31. The van der Waals surface area contributed by atoms with Gasteiger partial charge in [-0.2, -0.15) is 5.26 Å². The number of ether oxygens (including phenoxy) is 1. The minimum Gasteiger partial charge on any atom is -0.484 e. The van der Waals surface area contributed by atoms with E-state index >= 15 is 0 Å². The summed E-state index contributed by atoms with van der Waals surface area (Å²) in [6.45, 7) is -0.0219. The maximum absolute atomic E-state index is 12.7. The Morgan fingerprint density at radius 2 is 2.08 bits per heavy atom. The minimum atomic E-state index is -3.12. The Morgan fingerprint density at radius 1 is 1.31 bits per heavy atom. The molecule has 1 saturated heterocycles. The first-order valence-corrected chi connectivity index (χ1v) is 9.94. The Bertz CT molecular complexity index is 898. The number of nitriles is 1. The van der Waals surface area contributed by atoms with E-state index in [4.69, 9.17) is 14.4 Å². The first-order chi connectivity index (χ1) is 12.5. The van der Waals surface area contributed by atoms with Crippen molar-refractivity contribution in [2.45, 2.75) is 19.0 Å². The molecule has 1 atom stereocenters. The van der Waals surface area contributed by atoms with Gasteiger partial charge in [0.1, 0.15) is 11.5 Å². The summed E-state index contributed by atoms with van der Waals surface area (Å²) in [5, 5.41) is 8.80. The highest BCUT2D eigenvalue weighted by Gasteiger charge is 2.35. The monoisotopic (exact) mass is 374 g/mol. The number of carbonyl (C=O) groups is 1. The number of benzene rings is 1. The SMILES string of the molecule is N#Cc1ccc(OCC(=O)N(Cc2ccco2)[C@H]2CCS(=O)(=O)C2)cc1. The van der Waals surface area contributed by atoms with Crippen LogP contribution in [0.3, 0.4) is 0 Å². The first kappa shape index (κ1) is 18.0. The highest BCUT2D eigenvalue weighted by molar-refractivity contribution is 7.91. The molecule has 1 aliphatic rings. The van der Waals surface area contributed by atoms with Crippen molar-refractivity contribution >= 4 is 15.7 Å². The zero-order chi connectivity index (χ0) is 18.6. The van der Waals surface area contributed by atoms with E-state index < -0.39 is 9.84 Å². The van der Waals surface area contributed by atoms with Crippen LogP contribution in [-0.2, 0) is 21.2 Å². The topological polar surface area (TPSA) is 101 Å². The highest BCUT2D eigenvalue weighted by Crippen LogP contribution is 2.21. The number of hydrogen-bond donors (Lipinski definition) is 0. The molecule has 1 aromatic heterocycles. The zero-order valence-corrected chi connectivity index (χ0v) is 14.8. The van der Waals surface area contributed by atoms with E-state index in [1.807, 2.05) is 6.07 Å². The summed E-state index contributed by atoms with van der Waals surface area (Å²) in [5.74, 6) is 0.773. The van der Waals surface area contributed by atoms with E-state index in [1.165, 1.54) is 11.2 Å². The molecule has 136 valence electrons. The first-order valence-electron chi connectivity index (χ1n) is 8.12. The van der Waals surface area contributed by atoms with Crippen LogP contribution in [0.25, 0.3) is 0 Å². The molecule has 2 aromatic rings. The standard InChI is InChI=1S/C18H18N2O5S/c19-10-14-3-5-16(6-4-14)25-12-18(21)20(11-17-2-1-8-24-17)15-7-9-26(22,23)13-15/h1-6,8,15H,7,9,11-13H2/t15-/m0/s1. The van der Waals surface area contributed by atoms with Crippen molar-refractivity contribution in [3.8, 4) is 11.8 Å². The Morgan fingerprint density at radius 3 is 2.65 bits per heavy atom. The van der Waals surface area contributed by atoms with Crippen molar-refractivity contribution < 1.29 is 22.4 Å². The van der Waals surface area contributed by atoms with Gasteiger partial charge >= 0.3 is 0 Å². The van der Waals surface area contributed by atoms with Gasteiger partial charge in [0.2, 0.25) is 0 Å². The van der Waals surface area contributed by atoms with Crippen LogP contribution in [0, 0.1) is 11.3 Å². The predicted molar refractivity (Wildman–Crippen MR) is 93.0 cm³/mol. The van der Waals surface area contributed by atoms with Gasteiger partial charge in [0, 0.05) is 6.04 Å². The molecule has 1 amide bonds. The second-order valence-electron chi connectivity index (χ2n) is 6.08.